The maximum Gasteiger partial charge on any atom is 0.0329 e. The van der Waals surface area contributed by atoms with Gasteiger partial charge in [-0.1, -0.05) is 6.07 Å². The molecule has 3 N–H and O–H groups in total. The van der Waals surface area contributed by atoms with Crippen LogP contribution in [0.15, 0.2) is 34.1 Å². The summed E-state index contributed by atoms with van der Waals surface area (Å²) in [6, 6.07) is 8.93. The van der Waals surface area contributed by atoms with Crippen LogP contribution in [0.4, 0.5) is 5.69 Å². The van der Waals surface area contributed by atoms with E-state index in [1.165, 1.54) is 26.9 Å². The fourth-order valence-corrected chi connectivity index (χ4v) is 3.92. The number of halogens is 1. The number of nitrogens with one attached hydrogen (secondary N) is 1. The monoisotopic (exact) mass is 322 g/mol. The van der Waals surface area contributed by atoms with Crippen molar-refractivity contribution in [3.8, 4) is 0 Å². The van der Waals surface area contributed by atoms with Crippen LogP contribution in [-0.2, 0) is 13.0 Å². The molecule has 1 unspecified atom stereocenters. The molecule has 1 atom stereocenters. The number of rotatable bonds is 3. The first-order valence-electron chi connectivity index (χ1n) is 6.07. The van der Waals surface area contributed by atoms with Gasteiger partial charge in [0.2, 0.25) is 0 Å². The van der Waals surface area contributed by atoms with Crippen LogP contribution in [0.5, 0.6) is 0 Å². The van der Waals surface area contributed by atoms with Crippen molar-refractivity contribution in [2.24, 2.45) is 0 Å². The molecule has 1 aliphatic carbocycles. The van der Waals surface area contributed by atoms with Gasteiger partial charge in [-0.05, 0) is 58.1 Å². The molecule has 0 saturated carbocycles. The molecule has 1 aliphatic rings. The topological polar surface area (TPSA) is 38.0 Å². The minimum Gasteiger partial charge on any atom is -0.399 e. The average molecular weight is 323 g/mol. The maximum absolute atomic E-state index is 5.82. The van der Waals surface area contributed by atoms with Gasteiger partial charge in [0, 0.05) is 33.0 Å². The molecule has 0 spiro atoms. The second kappa shape index (κ2) is 5.03. The summed E-state index contributed by atoms with van der Waals surface area (Å²) in [6.45, 7) is 0.935. The Kier molecular flexibility index (Phi) is 3.41. The summed E-state index contributed by atoms with van der Waals surface area (Å²) < 4.78 is 1.17. The molecule has 2 aromatic rings. The Morgan fingerprint density at radius 1 is 1.39 bits per heavy atom. The van der Waals surface area contributed by atoms with Crippen molar-refractivity contribution in [2.45, 2.75) is 25.4 Å². The van der Waals surface area contributed by atoms with E-state index in [2.05, 4.69) is 44.8 Å². The summed E-state index contributed by atoms with van der Waals surface area (Å²) in [5.41, 5.74) is 9.51. The lowest BCUT2D eigenvalue weighted by Gasteiger charge is -2.13. The van der Waals surface area contributed by atoms with Gasteiger partial charge >= 0.3 is 0 Å². The standard InChI is InChI=1S/C14H15BrN2S/c15-10-6-12(18-8-10)7-17-14-4-1-9-5-11(16)2-3-13(9)14/h2-3,5-6,8,14,17H,1,4,7,16H2. The number of hydrogen-bond acceptors (Lipinski definition) is 3. The van der Waals surface area contributed by atoms with Gasteiger partial charge in [0.25, 0.3) is 0 Å². The van der Waals surface area contributed by atoms with Gasteiger partial charge in [0.15, 0.2) is 0 Å². The zero-order valence-electron chi connectivity index (χ0n) is 9.95. The predicted molar refractivity (Wildman–Crippen MR) is 80.8 cm³/mol. The maximum atomic E-state index is 5.82. The molecular formula is C14H15BrN2S. The number of nitrogens with two attached hydrogens (primary N) is 1. The Hall–Kier alpha value is -0.840. The van der Waals surface area contributed by atoms with Crippen molar-refractivity contribution in [1.29, 1.82) is 0 Å². The average Bonchev–Trinajstić information content (AvgIpc) is 2.92. The molecular weight excluding hydrogens is 308 g/mol. The third-order valence-electron chi connectivity index (χ3n) is 3.39. The lowest BCUT2D eigenvalue weighted by Crippen LogP contribution is -2.18. The molecule has 2 nitrogen and oxygen atoms in total. The van der Waals surface area contributed by atoms with Crippen LogP contribution in [0, 0.1) is 0 Å². The third-order valence-corrected chi connectivity index (χ3v) is 5.09. The van der Waals surface area contributed by atoms with E-state index in [-0.39, 0.29) is 0 Å². The summed E-state index contributed by atoms with van der Waals surface area (Å²) in [4.78, 5) is 1.37. The molecule has 0 amide bonds. The second-order valence-electron chi connectivity index (χ2n) is 4.66. The van der Waals surface area contributed by atoms with Gasteiger partial charge in [-0.2, -0.15) is 0 Å². The van der Waals surface area contributed by atoms with E-state index in [1.807, 2.05) is 6.07 Å². The van der Waals surface area contributed by atoms with Crippen LogP contribution in [0.3, 0.4) is 0 Å². The van der Waals surface area contributed by atoms with Crippen LogP contribution in [0.25, 0.3) is 0 Å². The summed E-state index contributed by atoms with van der Waals surface area (Å²) in [5.74, 6) is 0. The Bertz CT molecular complexity index is 565. The van der Waals surface area contributed by atoms with E-state index in [0.29, 0.717) is 6.04 Å². The van der Waals surface area contributed by atoms with Crippen molar-refractivity contribution >= 4 is 33.0 Å². The molecule has 4 heteroatoms. The highest BCUT2D eigenvalue weighted by Gasteiger charge is 2.21. The van der Waals surface area contributed by atoms with Crippen molar-refractivity contribution in [3.05, 3.63) is 50.1 Å². The van der Waals surface area contributed by atoms with Crippen LogP contribution in [0.2, 0.25) is 0 Å². The molecule has 94 valence electrons. The number of nitrogen functional groups attached to an aromatic ring is 1. The quantitative estimate of drug-likeness (QED) is 0.842. The van der Waals surface area contributed by atoms with Crippen LogP contribution in [-0.4, -0.2) is 0 Å². The number of thiophene rings is 1. The van der Waals surface area contributed by atoms with Gasteiger partial charge in [0.05, 0.1) is 0 Å². The molecule has 1 aromatic heterocycles. The van der Waals surface area contributed by atoms with E-state index in [0.717, 1.165) is 18.7 Å². The van der Waals surface area contributed by atoms with Crippen LogP contribution in [0.1, 0.15) is 28.5 Å². The Balaban J connectivity index is 1.69. The second-order valence-corrected chi connectivity index (χ2v) is 6.57. The van der Waals surface area contributed by atoms with Gasteiger partial charge in [-0.3, -0.25) is 0 Å². The van der Waals surface area contributed by atoms with Crippen LogP contribution >= 0.6 is 27.3 Å². The lowest BCUT2D eigenvalue weighted by molar-refractivity contribution is 0.533. The molecule has 0 aliphatic heterocycles. The normalized spacial score (nSPS) is 17.9. The molecule has 3 rings (SSSR count). The minimum absolute atomic E-state index is 0.474. The SMILES string of the molecule is Nc1ccc2c(c1)CCC2NCc1cc(Br)cs1. The number of hydrogen-bond donors (Lipinski definition) is 2. The number of fused-ring (bicyclic) bond motifs is 1. The Labute approximate surface area is 119 Å². The Morgan fingerprint density at radius 2 is 2.28 bits per heavy atom. The van der Waals surface area contributed by atoms with Crippen molar-refractivity contribution in [1.82, 2.24) is 5.32 Å². The van der Waals surface area contributed by atoms with E-state index >= 15 is 0 Å². The molecule has 1 heterocycles. The van der Waals surface area contributed by atoms with Gasteiger partial charge in [-0.15, -0.1) is 11.3 Å². The van der Waals surface area contributed by atoms with E-state index in [1.54, 1.807) is 11.3 Å². The third kappa shape index (κ3) is 2.46. The van der Waals surface area contributed by atoms with Gasteiger partial charge < -0.3 is 11.1 Å². The first kappa shape index (κ1) is 12.2. The first-order valence-corrected chi connectivity index (χ1v) is 7.74. The summed E-state index contributed by atoms with van der Waals surface area (Å²) >= 11 is 5.28. The lowest BCUT2D eigenvalue weighted by atomic mass is 10.1. The molecule has 0 saturated heterocycles. The van der Waals surface area contributed by atoms with E-state index in [9.17, 15) is 0 Å². The van der Waals surface area contributed by atoms with E-state index in [4.69, 9.17) is 5.73 Å². The number of aryl methyl sites for hydroxylation is 1. The summed E-state index contributed by atoms with van der Waals surface area (Å²) in [7, 11) is 0. The summed E-state index contributed by atoms with van der Waals surface area (Å²) in [6.07, 6.45) is 2.30. The summed E-state index contributed by atoms with van der Waals surface area (Å²) in [5, 5.41) is 5.76. The molecule has 0 fully saturated rings. The zero-order valence-corrected chi connectivity index (χ0v) is 12.4. The van der Waals surface area contributed by atoms with E-state index < -0.39 is 0 Å². The smallest absolute Gasteiger partial charge is 0.0329 e. The van der Waals surface area contributed by atoms with Crippen molar-refractivity contribution in [2.75, 3.05) is 5.73 Å². The van der Waals surface area contributed by atoms with Gasteiger partial charge in [-0.25, -0.2) is 0 Å². The highest BCUT2D eigenvalue weighted by atomic mass is 79.9. The number of anilines is 1. The first-order chi connectivity index (χ1) is 8.72. The molecule has 0 bridgehead atoms. The molecule has 1 aromatic carbocycles. The minimum atomic E-state index is 0.474. The molecule has 18 heavy (non-hydrogen) atoms. The van der Waals surface area contributed by atoms with Crippen LogP contribution < -0.4 is 11.1 Å². The highest BCUT2D eigenvalue weighted by Crippen LogP contribution is 2.32. The largest absolute Gasteiger partial charge is 0.399 e. The highest BCUT2D eigenvalue weighted by molar-refractivity contribution is 9.10. The zero-order chi connectivity index (χ0) is 12.5. The van der Waals surface area contributed by atoms with Crippen molar-refractivity contribution in [3.63, 3.8) is 0 Å². The van der Waals surface area contributed by atoms with Crippen molar-refractivity contribution < 1.29 is 0 Å². The van der Waals surface area contributed by atoms with Gasteiger partial charge in [0.1, 0.15) is 0 Å². The predicted octanol–water partition coefficient (Wildman–Crippen LogP) is 3.87. The Morgan fingerprint density at radius 3 is 3.06 bits per heavy atom. The fraction of sp³-hybridized carbons (Fsp3) is 0.286. The fourth-order valence-electron chi connectivity index (χ4n) is 2.52. The molecule has 0 radical (unpaired) electrons. The number of benzene rings is 1.